The highest BCUT2D eigenvalue weighted by Crippen LogP contribution is 2.44. The molecule has 0 aliphatic rings. The molecule has 6 heteroatoms. The molecule has 0 amide bonds. The van der Waals surface area contributed by atoms with E-state index in [4.69, 9.17) is 18.9 Å². The van der Waals surface area contributed by atoms with Gasteiger partial charge in [0.15, 0.2) is 13.2 Å². The molecule has 0 aliphatic carbocycles. The molecule has 0 aliphatic heterocycles. The summed E-state index contributed by atoms with van der Waals surface area (Å²) in [4.78, 5) is 24.9. The number of rotatable bonds is 17. The quantitative estimate of drug-likeness (QED) is 0.103. The average Bonchev–Trinajstić information content (AvgIpc) is 2.94. The van der Waals surface area contributed by atoms with Crippen molar-refractivity contribution in [3.63, 3.8) is 0 Å². The van der Waals surface area contributed by atoms with Crippen LogP contribution in [0.4, 0.5) is 0 Å². The fourth-order valence-corrected chi connectivity index (χ4v) is 4.52. The normalized spacial score (nSPS) is 11.0. The van der Waals surface area contributed by atoms with Gasteiger partial charge in [-0.25, -0.2) is 9.59 Å². The van der Waals surface area contributed by atoms with E-state index >= 15 is 0 Å². The number of unbranched alkanes of at least 4 members (excludes halogenated alkanes) is 5. The third kappa shape index (κ3) is 8.11. The molecule has 6 nitrogen and oxygen atoms in total. The van der Waals surface area contributed by atoms with E-state index < -0.39 is 0 Å². The van der Waals surface area contributed by atoms with Crippen molar-refractivity contribution in [2.24, 2.45) is 0 Å². The predicted molar refractivity (Wildman–Crippen MR) is 152 cm³/mol. The number of fused-ring (bicyclic) bond motifs is 2. The molecule has 0 radical (unpaired) electrons. The maximum absolute atomic E-state index is 12.5. The fourth-order valence-electron chi connectivity index (χ4n) is 4.52. The van der Waals surface area contributed by atoms with E-state index in [0.29, 0.717) is 24.7 Å². The van der Waals surface area contributed by atoms with Crippen LogP contribution in [0.25, 0.3) is 21.5 Å². The van der Waals surface area contributed by atoms with E-state index in [1.165, 1.54) is 0 Å². The second-order valence-electron chi connectivity index (χ2n) is 9.58. The van der Waals surface area contributed by atoms with E-state index in [0.717, 1.165) is 84.9 Å². The maximum atomic E-state index is 12.5. The van der Waals surface area contributed by atoms with Crippen LogP contribution in [0.1, 0.15) is 77.7 Å². The van der Waals surface area contributed by atoms with E-state index in [9.17, 15) is 9.59 Å². The molecule has 0 fully saturated rings. The van der Waals surface area contributed by atoms with Gasteiger partial charge in [-0.2, -0.15) is 0 Å². The molecule has 38 heavy (non-hydrogen) atoms. The smallest absolute Gasteiger partial charge is 0.344 e. The Bertz CT molecular complexity index is 1190. The first-order valence-electron chi connectivity index (χ1n) is 14.1. The lowest BCUT2D eigenvalue weighted by Gasteiger charge is -2.19. The van der Waals surface area contributed by atoms with Gasteiger partial charge in [-0.1, -0.05) is 95.3 Å². The first-order valence-corrected chi connectivity index (χ1v) is 14.1. The Kier molecular flexibility index (Phi) is 12.2. The number of benzene rings is 3. The average molecular weight is 523 g/mol. The zero-order chi connectivity index (χ0) is 27.2. The van der Waals surface area contributed by atoms with Gasteiger partial charge >= 0.3 is 11.9 Å². The minimum absolute atomic E-state index is 0.169. The SMILES string of the molecule is CCCCCOC(=O)COc1c2ccccc2c(OCC(=O)OCCCCC)c2c(CCCC)cccc12. The highest BCUT2D eigenvalue weighted by atomic mass is 16.6. The third-order valence-electron chi connectivity index (χ3n) is 6.53. The maximum Gasteiger partial charge on any atom is 0.344 e. The number of hydrogen-bond donors (Lipinski definition) is 0. The standard InChI is InChI=1S/C32H42O6/c1-4-7-12-20-35-28(33)22-37-31-25-17-10-11-18-26(25)32(38-23-29(34)36-21-13-8-5-2)30-24(15-9-6-3)16-14-19-27(30)31/h10-11,14,16-19H,4-9,12-13,15,20-23H2,1-3H3. The van der Waals surface area contributed by atoms with Crippen LogP contribution in [0, 0.1) is 0 Å². The minimum Gasteiger partial charge on any atom is -0.481 e. The lowest BCUT2D eigenvalue weighted by atomic mass is 9.94. The Hall–Kier alpha value is -3.28. The molecule has 0 unspecified atom stereocenters. The molecule has 0 bridgehead atoms. The Morgan fingerprint density at radius 2 is 1.13 bits per heavy atom. The highest BCUT2D eigenvalue weighted by Gasteiger charge is 2.20. The Balaban J connectivity index is 1.95. The van der Waals surface area contributed by atoms with Crippen LogP contribution in [-0.4, -0.2) is 38.4 Å². The van der Waals surface area contributed by atoms with Crippen molar-refractivity contribution < 1.29 is 28.5 Å². The Morgan fingerprint density at radius 1 is 0.605 bits per heavy atom. The summed E-state index contributed by atoms with van der Waals surface area (Å²) < 4.78 is 23.1. The molecule has 0 saturated heterocycles. The summed E-state index contributed by atoms with van der Waals surface area (Å²) >= 11 is 0. The van der Waals surface area contributed by atoms with Crippen LogP contribution in [0.15, 0.2) is 42.5 Å². The second kappa shape index (κ2) is 15.9. The minimum atomic E-state index is -0.383. The Morgan fingerprint density at radius 3 is 1.71 bits per heavy atom. The molecule has 3 aromatic carbocycles. The highest BCUT2D eigenvalue weighted by molar-refractivity contribution is 6.12. The van der Waals surface area contributed by atoms with Crippen molar-refractivity contribution in [1.29, 1.82) is 0 Å². The summed E-state index contributed by atoms with van der Waals surface area (Å²) in [5.74, 6) is 0.499. The molecule has 0 aromatic heterocycles. The number of carbonyl (C=O) groups is 2. The van der Waals surface area contributed by atoms with Crippen molar-refractivity contribution in [2.45, 2.75) is 78.6 Å². The molecular weight excluding hydrogens is 480 g/mol. The number of esters is 2. The van der Waals surface area contributed by atoms with Gasteiger partial charge in [0.1, 0.15) is 11.5 Å². The number of hydrogen-bond acceptors (Lipinski definition) is 6. The first-order chi connectivity index (χ1) is 18.6. The molecular formula is C32H42O6. The van der Waals surface area contributed by atoms with Crippen molar-refractivity contribution in [3.05, 3.63) is 48.0 Å². The fraction of sp³-hybridized carbons (Fsp3) is 0.500. The van der Waals surface area contributed by atoms with Gasteiger partial charge in [0.25, 0.3) is 0 Å². The number of aryl methyl sites for hydroxylation is 1. The van der Waals surface area contributed by atoms with E-state index in [1.54, 1.807) is 0 Å². The van der Waals surface area contributed by atoms with Crippen molar-refractivity contribution in [2.75, 3.05) is 26.4 Å². The summed E-state index contributed by atoms with van der Waals surface area (Å²) in [6.45, 7) is 6.85. The van der Waals surface area contributed by atoms with Crippen molar-refractivity contribution in [3.8, 4) is 11.5 Å². The summed E-state index contributed by atoms with van der Waals surface area (Å²) in [6, 6.07) is 13.9. The molecule has 3 rings (SSSR count). The molecule has 3 aromatic rings. The van der Waals surface area contributed by atoms with E-state index in [1.807, 2.05) is 36.4 Å². The topological polar surface area (TPSA) is 71.1 Å². The Labute approximate surface area is 226 Å². The predicted octanol–water partition coefficient (Wildman–Crippen LogP) is 7.56. The molecule has 206 valence electrons. The van der Waals surface area contributed by atoms with Crippen LogP contribution >= 0.6 is 0 Å². The van der Waals surface area contributed by atoms with Crippen LogP contribution in [0.5, 0.6) is 11.5 Å². The summed E-state index contributed by atoms with van der Waals surface area (Å²) in [7, 11) is 0. The monoisotopic (exact) mass is 522 g/mol. The van der Waals surface area contributed by atoms with E-state index in [-0.39, 0.29) is 25.2 Å². The lowest BCUT2D eigenvalue weighted by molar-refractivity contribution is -0.147. The van der Waals surface area contributed by atoms with Gasteiger partial charge < -0.3 is 18.9 Å². The molecule has 0 saturated carbocycles. The molecule has 0 spiro atoms. The first kappa shape index (κ1) is 29.3. The zero-order valence-corrected chi connectivity index (χ0v) is 23.2. The number of carbonyl (C=O) groups excluding carboxylic acids is 2. The summed E-state index contributed by atoms with van der Waals surface area (Å²) in [6.07, 6.45) is 8.82. The van der Waals surface area contributed by atoms with Crippen molar-refractivity contribution in [1.82, 2.24) is 0 Å². The largest absolute Gasteiger partial charge is 0.481 e. The number of ether oxygens (including phenoxy) is 4. The van der Waals surface area contributed by atoms with Crippen LogP contribution in [-0.2, 0) is 25.5 Å². The molecule has 0 heterocycles. The third-order valence-corrected chi connectivity index (χ3v) is 6.53. The van der Waals surface area contributed by atoms with Gasteiger partial charge in [-0.3, -0.25) is 0 Å². The second-order valence-corrected chi connectivity index (χ2v) is 9.58. The van der Waals surface area contributed by atoms with Crippen LogP contribution in [0.3, 0.4) is 0 Å². The van der Waals surface area contributed by atoms with Crippen LogP contribution in [0.2, 0.25) is 0 Å². The molecule has 0 N–H and O–H groups in total. The molecule has 0 atom stereocenters. The zero-order valence-electron chi connectivity index (χ0n) is 23.2. The van der Waals surface area contributed by atoms with Gasteiger partial charge in [-0.15, -0.1) is 0 Å². The van der Waals surface area contributed by atoms with Gasteiger partial charge in [0.05, 0.1) is 13.2 Å². The summed E-state index contributed by atoms with van der Waals surface area (Å²) in [5.41, 5.74) is 1.12. The van der Waals surface area contributed by atoms with E-state index in [2.05, 4.69) is 26.8 Å². The van der Waals surface area contributed by atoms with Crippen molar-refractivity contribution >= 4 is 33.5 Å². The van der Waals surface area contributed by atoms with Gasteiger partial charge in [-0.05, 0) is 31.2 Å². The van der Waals surface area contributed by atoms with Gasteiger partial charge in [0.2, 0.25) is 0 Å². The van der Waals surface area contributed by atoms with Gasteiger partial charge in [0, 0.05) is 21.5 Å². The summed E-state index contributed by atoms with van der Waals surface area (Å²) in [5, 5.41) is 3.40. The van der Waals surface area contributed by atoms with Crippen LogP contribution < -0.4 is 9.47 Å². The lowest BCUT2D eigenvalue weighted by Crippen LogP contribution is -2.17.